The second-order valence-electron chi connectivity index (χ2n) is 4.46. The van der Waals surface area contributed by atoms with Crippen LogP contribution in [0.3, 0.4) is 0 Å². The molecule has 0 amide bonds. The lowest BCUT2D eigenvalue weighted by molar-refractivity contribution is 0.0290. The Bertz CT molecular complexity index is 290. The fourth-order valence-corrected chi connectivity index (χ4v) is 1.88. The van der Waals surface area contributed by atoms with E-state index in [0.29, 0.717) is 6.61 Å². The molecule has 0 aliphatic rings. The van der Waals surface area contributed by atoms with E-state index in [-0.39, 0.29) is 6.10 Å². The average molecular weight is 251 g/mol. The first kappa shape index (κ1) is 15.2. The van der Waals surface area contributed by atoms with Gasteiger partial charge in [-0.15, -0.1) is 0 Å². The van der Waals surface area contributed by atoms with Crippen LogP contribution in [0.4, 0.5) is 0 Å². The van der Waals surface area contributed by atoms with Crippen molar-refractivity contribution in [2.45, 2.75) is 25.4 Å². The van der Waals surface area contributed by atoms with Gasteiger partial charge in [-0.05, 0) is 31.4 Å². The van der Waals surface area contributed by atoms with E-state index in [1.54, 1.807) is 14.2 Å². The highest BCUT2D eigenvalue weighted by Gasteiger charge is 2.04. The van der Waals surface area contributed by atoms with Crippen LogP contribution in [0.25, 0.3) is 0 Å². The Kier molecular flexibility index (Phi) is 8.47. The summed E-state index contributed by atoms with van der Waals surface area (Å²) in [5.74, 6) is 0. The second-order valence-corrected chi connectivity index (χ2v) is 4.46. The molecule has 102 valence electrons. The standard InChI is InChI=1S/C15H25NO2/c1-17-13-15(18-2)12-16-11-7-6-10-14-8-4-3-5-9-14/h3-5,8-9,15-16H,6-7,10-13H2,1-2H3. The van der Waals surface area contributed by atoms with Gasteiger partial charge in [0.05, 0.1) is 12.7 Å². The first-order valence-corrected chi connectivity index (χ1v) is 6.63. The molecule has 1 aromatic rings. The number of nitrogens with one attached hydrogen (secondary N) is 1. The van der Waals surface area contributed by atoms with Gasteiger partial charge in [0.1, 0.15) is 0 Å². The van der Waals surface area contributed by atoms with Crippen LogP contribution in [0.5, 0.6) is 0 Å². The molecule has 1 N–H and O–H groups in total. The molecule has 0 fully saturated rings. The summed E-state index contributed by atoms with van der Waals surface area (Å²) >= 11 is 0. The number of aryl methyl sites for hydroxylation is 1. The van der Waals surface area contributed by atoms with Crippen LogP contribution >= 0.6 is 0 Å². The van der Waals surface area contributed by atoms with Gasteiger partial charge < -0.3 is 14.8 Å². The highest BCUT2D eigenvalue weighted by atomic mass is 16.5. The van der Waals surface area contributed by atoms with Crippen LogP contribution in [-0.4, -0.2) is 40.0 Å². The summed E-state index contributed by atoms with van der Waals surface area (Å²) in [5.41, 5.74) is 1.42. The van der Waals surface area contributed by atoms with Crippen LogP contribution < -0.4 is 5.32 Å². The maximum absolute atomic E-state index is 5.28. The molecule has 1 unspecified atom stereocenters. The van der Waals surface area contributed by atoms with Crippen molar-refractivity contribution < 1.29 is 9.47 Å². The number of rotatable bonds is 10. The van der Waals surface area contributed by atoms with Gasteiger partial charge in [0, 0.05) is 20.8 Å². The smallest absolute Gasteiger partial charge is 0.0928 e. The summed E-state index contributed by atoms with van der Waals surface area (Å²) in [4.78, 5) is 0. The molecule has 0 bridgehead atoms. The van der Waals surface area contributed by atoms with Crippen molar-refractivity contribution in [1.82, 2.24) is 5.32 Å². The van der Waals surface area contributed by atoms with Crippen molar-refractivity contribution in [3.8, 4) is 0 Å². The van der Waals surface area contributed by atoms with Gasteiger partial charge in [-0.3, -0.25) is 0 Å². The molecule has 0 saturated heterocycles. The van der Waals surface area contributed by atoms with Crippen LogP contribution in [0.1, 0.15) is 18.4 Å². The van der Waals surface area contributed by atoms with Crippen LogP contribution in [-0.2, 0) is 15.9 Å². The monoisotopic (exact) mass is 251 g/mol. The molecule has 0 heterocycles. The van der Waals surface area contributed by atoms with E-state index in [1.807, 2.05) is 0 Å². The van der Waals surface area contributed by atoms with Crippen LogP contribution in [0.15, 0.2) is 30.3 Å². The Hall–Kier alpha value is -0.900. The molecule has 3 nitrogen and oxygen atoms in total. The van der Waals surface area contributed by atoms with E-state index in [0.717, 1.165) is 19.5 Å². The van der Waals surface area contributed by atoms with Crippen molar-refractivity contribution in [2.75, 3.05) is 33.9 Å². The van der Waals surface area contributed by atoms with Crippen molar-refractivity contribution in [1.29, 1.82) is 0 Å². The molecule has 1 atom stereocenters. The Balaban J connectivity index is 1.98. The zero-order chi connectivity index (χ0) is 13.1. The summed E-state index contributed by atoms with van der Waals surface area (Å²) in [6, 6.07) is 10.6. The normalized spacial score (nSPS) is 12.6. The maximum atomic E-state index is 5.28. The molecule has 0 aromatic heterocycles. The minimum Gasteiger partial charge on any atom is -0.382 e. The number of unbranched alkanes of at least 4 members (excludes halogenated alkanes) is 1. The summed E-state index contributed by atoms with van der Waals surface area (Å²) in [5, 5.41) is 3.40. The van der Waals surface area contributed by atoms with E-state index in [9.17, 15) is 0 Å². The van der Waals surface area contributed by atoms with Crippen molar-refractivity contribution in [3.63, 3.8) is 0 Å². The number of ether oxygens (including phenoxy) is 2. The first-order valence-electron chi connectivity index (χ1n) is 6.63. The summed E-state index contributed by atoms with van der Waals surface area (Å²) in [7, 11) is 3.42. The van der Waals surface area contributed by atoms with Gasteiger partial charge in [-0.1, -0.05) is 30.3 Å². The zero-order valence-corrected chi connectivity index (χ0v) is 11.5. The molecule has 0 saturated carbocycles. The Labute approximate surface area is 110 Å². The molecule has 0 spiro atoms. The summed E-state index contributed by atoms with van der Waals surface area (Å²) in [6.45, 7) is 2.54. The van der Waals surface area contributed by atoms with Crippen LogP contribution in [0.2, 0.25) is 0 Å². The van der Waals surface area contributed by atoms with E-state index < -0.39 is 0 Å². The van der Waals surface area contributed by atoms with E-state index in [1.165, 1.54) is 18.4 Å². The molecule has 0 aliphatic heterocycles. The van der Waals surface area contributed by atoms with Crippen molar-refractivity contribution >= 4 is 0 Å². The van der Waals surface area contributed by atoms with Gasteiger partial charge in [-0.2, -0.15) is 0 Å². The Morgan fingerprint density at radius 2 is 1.89 bits per heavy atom. The second kappa shape index (κ2) is 10.1. The number of hydrogen-bond acceptors (Lipinski definition) is 3. The Morgan fingerprint density at radius 1 is 1.11 bits per heavy atom. The molecule has 0 radical (unpaired) electrons. The molecule has 0 aliphatic carbocycles. The van der Waals surface area contributed by atoms with Crippen LogP contribution in [0, 0.1) is 0 Å². The van der Waals surface area contributed by atoms with E-state index in [4.69, 9.17) is 9.47 Å². The van der Waals surface area contributed by atoms with Gasteiger partial charge >= 0.3 is 0 Å². The quantitative estimate of drug-likeness (QED) is 0.647. The number of hydrogen-bond donors (Lipinski definition) is 1. The zero-order valence-electron chi connectivity index (χ0n) is 11.5. The molecule has 1 rings (SSSR count). The molecule has 1 aromatic carbocycles. The van der Waals surface area contributed by atoms with E-state index >= 15 is 0 Å². The summed E-state index contributed by atoms with van der Waals surface area (Å²) < 4.78 is 10.3. The largest absolute Gasteiger partial charge is 0.382 e. The predicted molar refractivity (Wildman–Crippen MR) is 74.9 cm³/mol. The lowest BCUT2D eigenvalue weighted by Crippen LogP contribution is -2.32. The number of methoxy groups -OCH3 is 2. The van der Waals surface area contributed by atoms with Crippen molar-refractivity contribution in [3.05, 3.63) is 35.9 Å². The minimum absolute atomic E-state index is 0.157. The highest BCUT2D eigenvalue weighted by Crippen LogP contribution is 2.03. The third-order valence-electron chi connectivity index (χ3n) is 2.97. The maximum Gasteiger partial charge on any atom is 0.0928 e. The highest BCUT2D eigenvalue weighted by molar-refractivity contribution is 5.14. The Morgan fingerprint density at radius 3 is 2.56 bits per heavy atom. The number of benzene rings is 1. The third kappa shape index (κ3) is 6.74. The fraction of sp³-hybridized carbons (Fsp3) is 0.600. The SMILES string of the molecule is COCC(CNCCCCc1ccccc1)OC. The minimum atomic E-state index is 0.157. The topological polar surface area (TPSA) is 30.5 Å². The molecular formula is C15H25NO2. The van der Waals surface area contributed by atoms with E-state index in [2.05, 4.69) is 35.6 Å². The lowest BCUT2D eigenvalue weighted by Gasteiger charge is -2.14. The van der Waals surface area contributed by atoms with Gasteiger partial charge in [0.15, 0.2) is 0 Å². The molecule has 3 heteroatoms. The lowest BCUT2D eigenvalue weighted by atomic mass is 10.1. The van der Waals surface area contributed by atoms with Gasteiger partial charge in [0.2, 0.25) is 0 Å². The van der Waals surface area contributed by atoms with Crippen molar-refractivity contribution in [2.24, 2.45) is 0 Å². The fourth-order valence-electron chi connectivity index (χ4n) is 1.88. The molecule has 18 heavy (non-hydrogen) atoms. The predicted octanol–water partition coefficient (Wildman–Crippen LogP) is 2.26. The molecular weight excluding hydrogens is 226 g/mol. The average Bonchev–Trinajstić information content (AvgIpc) is 2.42. The first-order chi connectivity index (χ1) is 8.86. The van der Waals surface area contributed by atoms with Gasteiger partial charge in [-0.25, -0.2) is 0 Å². The van der Waals surface area contributed by atoms with Gasteiger partial charge in [0.25, 0.3) is 0 Å². The third-order valence-corrected chi connectivity index (χ3v) is 2.97. The summed E-state index contributed by atoms with van der Waals surface area (Å²) in [6.07, 6.45) is 3.73.